The Bertz CT molecular complexity index is 667. The standard InChI is InChI=1S/C17H17ClF2N2O/c18-15-9-14(23-11-13-5-2-1-3-6-13)10-16(21-15)22-8-4-7-17(19,20)12-22/h1-3,5-6,9-10H,4,7-8,11-12H2. The molecule has 3 nitrogen and oxygen atoms in total. The molecule has 1 aliphatic heterocycles. The summed E-state index contributed by atoms with van der Waals surface area (Å²) in [6, 6.07) is 13.0. The molecule has 0 aliphatic carbocycles. The van der Waals surface area contributed by atoms with Crippen LogP contribution in [-0.4, -0.2) is 24.0 Å². The van der Waals surface area contributed by atoms with Crippen molar-refractivity contribution in [3.63, 3.8) is 0 Å². The van der Waals surface area contributed by atoms with Crippen LogP contribution < -0.4 is 9.64 Å². The van der Waals surface area contributed by atoms with Crippen LogP contribution in [0.3, 0.4) is 0 Å². The zero-order valence-corrected chi connectivity index (χ0v) is 13.3. The Morgan fingerprint density at radius 3 is 2.74 bits per heavy atom. The highest BCUT2D eigenvalue weighted by atomic mass is 35.5. The van der Waals surface area contributed by atoms with Crippen LogP contribution in [0.5, 0.6) is 5.75 Å². The number of aromatic nitrogens is 1. The van der Waals surface area contributed by atoms with Gasteiger partial charge in [0, 0.05) is 25.1 Å². The summed E-state index contributed by atoms with van der Waals surface area (Å²) in [7, 11) is 0. The van der Waals surface area contributed by atoms with Gasteiger partial charge in [-0.15, -0.1) is 0 Å². The lowest BCUT2D eigenvalue weighted by atomic mass is 10.1. The summed E-state index contributed by atoms with van der Waals surface area (Å²) in [6.07, 6.45) is 0.350. The van der Waals surface area contributed by atoms with E-state index in [1.165, 1.54) is 0 Å². The maximum absolute atomic E-state index is 13.6. The van der Waals surface area contributed by atoms with Gasteiger partial charge in [0.2, 0.25) is 0 Å². The van der Waals surface area contributed by atoms with Crippen LogP contribution in [0.4, 0.5) is 14.6 Å². The Balaban J connectivity index is 1.74. The van der Waals surface area contributed by atoms with Gasteiger partial charge in [-0.05, 0) is 12.0 Å². The number of piperidine rings is 1. The smallest absolute Gasteiger partial charge is 0.265 e. The van der Waals surface area contributed by atoms with Crippen LogP contribution in [0.1, 0.15) is 18.4 Å². The zero-order chi connectivity index (χ0) is 16.3. The monoisotopic (exact) mass is 338 g/mol. The molecule has 3 rings (SSSR count). The van der Waals surface area contributed by atoms with Crippen LogP contribution in [-0.2, 0) is 6.61 Å². The number of ether oxygens (including phenoxy) is 1. The third-order valence-corrected chi connectivity index (χ3v) is 3.91. The van der Waals surface area contributed by atoms with Crippen molar-refractivity contribution in [2.45, 2.75) is 25.4 Å². The number of halogens is 3. The summed E-state index contributed by atoms with van der Waals surface area (Å²) in [5.74, 6) is -1.73. The molecule has 0 unspecified atom stereocenters. The van der Waals surface area contributed by atoms with Gasteiger partial charge < -0.3 is 9.64 Å². The van der Waals surface area contributed by atoms with Crippen molar-refractivity contribution in [3.05, 3.63) is 53.2 Å². The summed E-state index contributed by atoms with van der Waals surface area (Å²) >= 11 is 6.02. The van der Waals surface area contributed by atoms with Crippen molar-refractivity contribution in [3.8, 4) is 5.75 Å². The van der Waals surface area contributed by atoms with Gasteiger partial charge in [0.15, 0.2) is 0 Å². The minimum Gasteiger partial charge on any atom is -0.489 e. The third-order valence-electron chi connectivity index (χ3n) is 3.72. The van der Waals surface area contributed by atoms with E-state index < -0.39 is 5.92 Å². The molecule has 1 aromatic carbocycles. The number of hydrogen-bond acceptors (Lipinski definition) is 3. The number of rotatable bonds is 4. The second kappa shape index (κ2) is 6.71. The van der Waals surface area contributed by atoms with Crippen LogP contribution >= 0.6 is 11.6 Å². The molecule has 1 saturated heterocycles. The van der Waals surface area contributed by atoms with Gasteiger partial charge in [-0.1, -0.05) is 41.9 Å². The molecule has 0 N–H and O–H groups in total. The van der Waals surface area contributed by atoms with Gasteiger partial charge in [-0.2, -0.15) is 0 Å². The van der Waals surface area contributed by atoms with Gasteiger partial charge in [-0.25, -0.2) is 13.8 Å². The van der Waals surface area contributed by atoms with Gasteiger partial charge in [0.25, 0.3) is 5.92 Å². The van der Waals surface area contributed by atoms with E-state index in [1.54, 1.807) is 17.0 Å². The van der Waals surface area contributed by atoms with E-state index >= 15 is 0 Å². The quantitative estimate of drug-likeness (QED) is 0.765. The molecule has 0 spiro atoms. The largest absolute Gasteiger partial charge is 0.489 e. The summed E-state index contributed by atoms with van der Waals surface area (Å²) < 4.78 is 32.9. The average molecular weight is 339 g/mol. The summed E-state index contributed by atoms with van der Waals surface area (Å²) in [5, 5.41) is 0.236. The lowest BCUT2D eigenvalue weighted by Crippen LogP contribution is -2.43. The van der Waals surface area contributed by atoms with Crippen LogP contribution in [0.2, 0.25) is 5.15 Å². The minimum absolute atomic E-state index is 0.0819. The molecule has 2 aromatic rings. The molecule has 1 fully saturated rings. The Kier molecular flexibility index (Phi) is 4.66. The lowest BCUT2D eigenvalue weighted by molar-refractivity contribution is -0.0118. The molecule has 6 heteroatoms. The molecule has 0 atom stereocenters. The maximum atomic E-state index is 13.6. The highest BCUT2D eigenvalue weighted by Crippen LogP contribution is 2.31. The molecular formula is C17H17ClF2N2O. The van der Waals surface area contributed by atoms with Crippen molar-refractivity contribution in [1.82, 2.24) is 4.98 Å². The fourth-order valence-electron chi connectivity index (χ4n) is 2.61. The Hall–Kier alpha value is -1.88. The van der Waals surface area contributed by atoms with Crippen molar-refractivity contribution >= 4 is 17.4 Å². The predicted octanol–water partition coefficient (Wildman–Crippen LogP) is 4.55. The Morgan fingerprint density at radius 1 is 1.22 bits per heavy atom. The number of nitrogens with zero attached hydrogens (tertiary/aromatic N) is 2. The summed E-state index contributed by atoms with van der Waals surface area (Å²) in [4.78, 5) is 5.72. The predicted molar refractivity (Wildman–Crippen MR) is 86.4 cm³/mol. The molecule has 0 saturated carbocycles. The van der Waals surface area contributed by atoms with Crippen molar-refractivity contribution in [2.75, 3.05) is 18.0 Å². The fraction of sp³-hybridized carbons (Fsp3) is 0.353. The first-order valence-electron chi connectivity index (χ1n) is 7.49. The van der Waals surface area contributed by atoms with Crippen LogP contribution in [0.25, 0.3) is 0 Å². The number of hydrogen-bond donors (Lipinski definition) is 0. The van der Waals surface area contributed by atoms with Crippen LogP contribution in [0.15, 0.2) is 42.5 Å². The molecule has 1 aliphatic rings. The number of benzene rings is 1. The first-order chi connectivity index (χ1) is 11.0. The van der Waals surface area contributed by atoms with E-state index in [0.717, 1.165) is 5.56 Å². The van der Waals surface area contributed by atoms with Gasteiger partial charge in [-0.3, -0.25) is 0 Å². The lowest BCUT2D eigenvalue weighted by Gasteiger charge is -2.33. The minimum atomic E-state index is -2.69. The van der Waals surface area contributed by atoms with E-state index in [4.69, 9.17) is 16.3 Å². The molecule has 122 valence electrons. The zero-order valence-electron chi connectivity index (χ0n) is 12.5. The molecule has 23 heavy (non-hydrogen) atoms. The van der Waals surface area contributed by atoms with Gasteiger partial charge in [0.05, 0.1) is 6.54 Å². The summed E-state index contributed by atoms with van der Waals surface area (Å²) in [5.41, 5.74) is 1.02. The number of anilines is 1. The van der Waals surface area contributed by atoms with Crippen molar-refractivity contribution in [2.24, 2.45) is 0 Å². The normalized spacial score (nSPS) is 17.1. The van der Waals surface area contributed by atoms with Gasteiger partial charge in [0.1, 0.15) is 23.3 Å². The van der Waals surface area contributed by atoms with E-state index in [9.17, 15) is 8.78 Å². The van der Waals surface area contributed by atoms with Crippen molar-refractivity contribution < 1.29 is 13.5 Å². The molecule has 0 amide bonds. The second-order valence-corrected chi connectivity index (χ2v) is 6.03. The highest BCUT2D eigenvalue weighted by molar-refractivity contribution is 6.29. The van der Waals surface area contributed by atoms with E-state index in [2.05, 4.69) is 4.98 Å². The average Bonchev–Trinajstić information content (AvgIpc) is 2.52. The highest BCUT2D eigenvalue weighted by Gasteiger charge is 2.35. The third kappa shape index (κ3) is 4.32. The van der Waals surface area contributed by atoms with Crippen molar-refractivity contribution in [1.29, 1.82) is 0 Å². The first-order valence-corrected chi connectivity index (χ1v) is 7.87. The van der Waals surface area contributed by atoms with E-state index in [0.29, 0.717) is 31.1 Å². The van der Waals surface area contributed by atoms with E-state index in [1.807, 2.05) is 30.3 Å². The Labute approximate surface area is 138 Å². The topological polar surface area (TPSA) is 25.4 Å². The van der Waals surface area contributed by atoms with E-state index in [-0.39, 0.29) is 18.1 Å². The molecule has 0 bridgehead atoms. The molecule has 2 heterocycles. The SMILES string of the molecule is FC1(F)CCCN(c2cc(OCc3ccccc3)cc(Cl)n2)C1. The summed E-state index contributed by atoms with van der Waals surface area (Å²) in [6.45, 7) is 0.594. The molecule has 0 radical (unpaired) electrons. The molecule has 1 aromatic heterocycles. The maximum Gasteiger partial charge on any atom is 0.265 e. The Morgan fingerprint density at radius 2 is 2.00 bits per heavy atom. The van der Waals surface area contributed by atoms with Crippen LogP contribution in [0, 0.1) is 0 Å². The number of alkyl halides is 2. The number of pyridine rings is 1. The second-order valence-electron chi connectivity index (χ2n) is 5.64. The van der Waals surface area contributed by atoms with Gasteiger partial charge >= 0.3 is 0 Å². The molecular weight excluding hydrogens is 322 g/mol. The first kappa shape index (κ1) is 16.0. The fourth-order valence-corrected chi connectivity index (χ4v) is 2.80.